The molecule has 1 atom stereocenters. The van der Waals surface area contributed by atoms with E-state index in [0.29, 0.717) is 17.9 Å². The molecule has 0 N–H and O–H groups in total. The fraction of sp³-hybridized carbons (Fsp3) is 0.550. The first-order valence-electron chi connectivity index (χ1n) is 9.58. The van der Waals surface area contributed by atoms with Gasteiger partial charge in [-0.15, -0.1) is 0 Å². The summed E-state index contributed by atoms with van der Waals surface area (Å²) in [5.74, 6) is -0.755. The number of rotatable bonds is 6. The Morgan fingerprint density at radius 1 is 1.11 bits per heavy atom. The minimum Gasteiger partial charge on any atom is -0.462 e. The Balaban J connectivity index is 1.66. The van der Waals surface area contributed by atoms with E-state index in [1.807, 2.05) is 6.92 Å². The fourth-order valence-electron chi connectivity index (χ4n) is 3.45. The van der Waals surface area contributed by atoms with Crippen LogP contribution < -0.4 is 4.90 Å². The summed E-state index contributed by atoms with van der Waals surface area (Å²) in [6, 6.07) is 6.10. The molecular weight excluding hydrogens is 346 g/mol. The second kappa shape index (κ2) is 8.63. The molecule has 7 heteroatoms. The second-order valence-corrected chi connectivity index (χ2v) is 7.16. The normalized spacial score (nSPS) is 21.7. The largest absolute Gasteiger partial charge is 0.462 e. The summed E-state index contributed by atoms with van der Waals surface area (Å²) in [6.07, 6.45) is 2.00. The predicted molar refractivity (Wildman–Crippen MR) is 102 cm³/mol. The molecule has 146 valence electrons. The molecule has 2 fully saturated rings. The van der Waals surface area contributed by atoms with Gasteiger partial charge in [-0.05, 0) is 37.7 Å². The molecule has 1 aromatic carbocycles. The maximum Gasteiger partial charge on any atom is 0.338 e. The topological polar surface area (TPSA) is 70.2 Å². The van der Waals surface area contributed by atoms with Crippen LogP contribution in [0.2, 0.25) is 0 Å². The lowest BCUT2D eigenvalue weighted by Gasteiger charge is -2.35. The lowest BCUT2D eigenvalue weighted by atomic mass is 10.1. The molecule has 0 bridgehead atoms. The van der Waals surface area contributed by atoms with E-state index in [-0.39, 0.29) is 30.2 Å². The average Bonchev–Trinajstić information content (AvgIpc) is 2.97. The van der Waals surface area contributed by atoms with E-state index >= 15 is 0 Å². The number of likely N-dealkylation sites (N-methyl/N-ethyl adjacent to an activating group) is 1. The third-order valence-electron chi connectivity index (χ3n) is 5.19. The van der Waals surface area contributed by atoms with E-state index in [9.17, 15) is 14.4 Å². The summed E-state index contributed by atoms with van der Waals surface area (Å²) >= 11 is 0. The molecule has 0 unspecified atom stereocenters. The number of hydrogen-bond donors (Lipinski definition) is 0. The highest BCUT2D eigenvalue weighted by atomic mass is 16.5. The first kappa shape index (κ1) is 19.5. The van der Waals surface area contributed by atoms with E-state index in [2.05, 4.69) is 16.8 Å². The van der Waals surface area contributed by atoms with Crippen LogP contribution in [0.15, 0.2) is 24.3 Å². The first-order valence-corrected chi connectivity index (χ1v) is 9.58. The van der Waals surface area contributed by atoms with Crippen molar-refractivity contribution in [3.05, 3.63) is 29.8 Å². The van der Waals surface area contributed by atoms with E-state index in [1.54, 1.807) is 24.3 Å². The number of piperazine rings is 1. The van der Waals surface area contributed by atoms with Crippen molar-refractivity contribution in [1.82, 2.24) is 9.80 Å². The zero-order valence-electron chi connectivity index (χ0n) is 16.0. The molecule has 2 heterocycles. The summed E-state index contributed by atoms with van der Waals surface area (Å²) in [5.41, 5.74) is 0.927. The number of anilines is 1. The maximum absolute atomic E-state index is 12.8. The molecule has 0 spiro atoms. The summed E-state index contributed by atoms with van der Waals surface area (Å²) in [7, 11) is 2.06. The molecular formula is C20H27N3O4. The minimum absolute atomic E-state index is 0.178. The van der Waals surface area contributed by atoms with Crippen LogP contribution in [0.5, 0.6) is 0 Å². The molecule has 0 radical (unpaired) electrons. The van der Waals surface area contributed by atoms with Crippen molar-refractivity contribution in [2.75, 3.05) is 44.7 Å². The van der Waals surface area contributed by atoms with Gasteiger partial charge in [0.25, 0.3) is 5.91 Å². The van der Waals surface area contributed by atoms with Crippen LogP contribution in [0.4, 0.5) is 5.69 Å². The lowest BCUT2D eigenvalue weighted by Crippen LogP contribution is -2.51. The Morgan fingerprint density at radius 2 is 1.78 bits per heavy atom. The van der Waals surface area contributed by atoms with Gasteiger partial charge >= 0.3 is 5.97 Å². The van der Waals surface area contributed by atoms with Gasteiger partial charge in [0.2, 0.25) is 5.91 Å². The highest BCUT2D eigenvalue weighted by Crippen LogP contribution is 2.26. The van der Waals surface area contributed by atoms with E-state index in [1.165, 1.54) is 4.90 Å². The lowest BCUT2D eigenvalue weighted by molar-refractivity contribution is -0.123. The Kier molecular flexibility index (Phi) is 6.23. The Labute approximate surface area is 159 Å². The molecule has 1 aromatic rings. The molecule has 2 aliphatic heterocycles. The molecule has 2 saturated heterocycles. The third-order valence-corrected chi connectivity index (χ3v) is 5.19. The van der Waals surface area contributed by atoms with Gasteiger partial charge in [0.05, 0.1) is 30.3 Å². The SMILES string of the molecule is CCCCOC(=O)c1ccc(N2C(=O)C[C@H](N3CCN(C)CC3)C2=O)cc1. The van der Waals surface area contributed by atoms with Gasteiger partial charge in [0, 0.05) is 26.2 Å². The number of hydrogen-bond acceptors (Lipinski definition) is 6. The van der Waals surface area contributed by atoms with Gasteiger partial charge in [0.15, 0.2) is 0 Å². The molecule has 0 aromatic heterocycles. The molecule has 0 aliphatic carbocycles. The number of amides is 2. The predicted octanol–water partition coefficient (Wildman–Crippen LogP) is 1.52. The van der Waals surface area contributed by atoms with Gasteiger partial charge in [-0.1, -0.05) is 13.3 Å². The van der Waals surface area contributed by atoms with Crippen LogP contribution in [0.1, 0.15) is 36.5 Å². The summed E-state index contributed by atoms with van der Waals surface area (Å²) in [5, 5.41) is 0. The summed E-state index contributed by atoms with van der Waals surface area (Å²) in [4.78, 5) is 42.9. The minimum atomic E-state index is -0.385. The number of carbonyl (C=O) groups excluding carboxylic acids is 3. The Bertz CT molecular complexity index is 696. The number of carbonyl (C=O) groups is 3. The summed E-state index contributed by atoms with van der Waals surface area (Å²) in [6.45, 7) is 5.79. The van der Waals surface area contributed by atoms with Gasteiger partial charge in [-0.3, -0.25) is 14.5 Å². The number of unbranched alkanes of at least 4 members (excludes halogenated alkanes) is 1. The highest BCUT2D eigenvalue weighted by Gasteiger charge is 2.43. The highest BCUT2D eigenvalue weighted by molar-refractivity contribution is 6.22. The van der Waals surface area contributed by atoms with Crippen LogP contribution >= 0.6 is 0 Å². The zero-order chi connectivity index (χ0) is 19.4. The van der Waals surface area contributed by atoms with Gasteiger partial charge < -0.3 is 9.64 Å². The summed E-state index contributed by atoms with van der Waals surface area (Å²) < 4.78 is 5.18. The molecule has 27 heavy (non-hydrogen) atoms. The molecule has 7 nitrogen and oxygen atoms in total. The standard InChI is InChI=1S/C20H27N3O4/c1-3-4-13-27-20(26)15-5-7-16(8-6-15)23-18(24)14-17(19(23)25)22-11-9-21(2)10-12-22/h5-8,17H,3-4,9-14H2,1-2H3/t17-/m0/s1. The number of benzene rings is 1. The number of esters is 1. The molecule has 2 amide bonds. The molecule has 3 rings (SSSR count). The van der Waals surface area contributed by atoms with Crippen LogP contribution in [0.3, 0.4) is 0 Å². The quantitative estimate of drug-likeness (QED) is 0.428. The maximum atomic E-state index is 12.8. The van der Waals surface area contributed by atoms with Crippen molar-refractivity contribution in [1.29, 1.82) is 0 Å². The average molecular weight is 373 g/mol. The van der Waals surface area contributed by atoms with Crippen molar-refractivity contribution >= 4 is 23.5 Å². The van der Waals surface area contributed by atoms with Crippen molar-refractivity contribution in [3.63, 3.8) is 0 Å². The smallest absolute Gasteiger partial charge is 0.338 e. The van der Waals surface area contributed by atoms with Crippen molar-refractivity contribution in [2.24, 2.45) is 0 Å². The fourth-order valence-corrected chi connectivity index (χ4v) is 3.45. The third kappa shape index (κ3) is 4.36. The zero-order valence-corrected chi connectivity index (χ0v) is 16.0. The molecule has 0 saturated carbocycles. The second-order valence-electron chi connectivity index (χ2n) is 7.16. The number of nitrogens with zero attached hydrogens (tertiary/aromatic N) is 3. The van der Waals surface area contributed by atoms with Crippen molar-refractivity contribution < 1.29 is 19.1 Å². The van der Waals surface area contributed by atoms with Crippen LogP contribution in [-0.2, 0) is 14.3 Å². The number of imide groups is 1. The number of ether oxygens (including phenoxy) is 1. The van der Waals surface area contributed by atoms with Crippen molar-refractivity contribution in [2.45, 2.75) is 32.2 Å². The van der Waals surface area contributed by atoms with Gasteiger partial charge in [0.1, 0.15) is 0 Å². The van der Waals surface area contributed by atoms with Crippen molar-refractivity contribution in [3.8, 4) is 0 Å². The van der Waals surface area contributed by atoms with Crippen LogP contribution in [-0.4, -0.2) is 73.5 Å². The van der Waals surface area contributed by atoms with Crippen LogP contribution in [0, 0.1) is 0 Å². The van der Waals surface area contributed by atoms with Gasteiger partial charge in [-0.25, -0.2) is 9.69 Å². The van der Waals surface area contributed by atoms with E-state index < -0.39 is 0 Å². The van der Waals surface area contributed by atoms with E-state index in [4.69, 9.17) is 4.74 Å². The van der Waals surface area contributed by atoms with Gasteiger partial charge in [-0.2, -0.15) is 0 Å². The van der Waals surface area contributed by atoms with Crippen LogP contribution in [0.25, 0.3) is 0 Å². The monoisotopic (exact) mass is 373 g/mol. The molecule has 2 aliphatic rings. The Morgan fingerprint density at radius 3 is 2.41 bits per heavy atom. The Hall–Kier alpha value is -2.25. The first-order chi connectivity index (χ1) is 13.0. The van der Waals surface area contributed by atoms with E-state index in [0.717, 1.165) is 39.0 Å².